The third-order valence-corrected chi connectivity index (χ3v) is 5.22. The van der Waals surface area contributed by atoms with Crippen LogP contribution in [0.4, 0.5) is 0 Å². The van der Waals surface area contributed by atoms with Gasteiger partial charge in [-0.3, -0.25) is 14.5 Å². The molecule has 0 radical (unpaired) electrons. The van der Waals surface area contributed by atoms with Gasteiger partial charge in [-0.15, -0.1) is 0 Å². The molecule has 1 aromatic carbocycles. The maximum absolute atomic E-state index is 12.6. The van der Waals surface area contributed by atoms with Crippen molar-refractivity contribution < 1.29 is 14.3 Å². The fourth-order valence-corrected chi connectivity index (χ4v) is 3.51. The average Bonchev–Trinajstić information content (AvgIpc) is 2.68. The molecule has 1 N–H and O–H groups in total. The van der Waals surface area contributed by atoms with Crippen LogP contribution in [0.1, 0.15) is 31.7 Å². The molecule has 1 fully saturated rings. The van der Waals surface area contributed by atoms with Gasteiger partial charge in [-0.1, -0.05) is 37.3 Å². The van der Waals surface area contributed by atoms with E-state index in [1.54, 1.807) is 19.0 Å². The molecule has 0 unspecified atom stereocenters. The first-order valence-corrected chi connectivity index (χ1v) is 9.79. The van der Waals surface area contributed by atoms with Crippen molar-refractivity contribution in [1.29, 1.82) is 0 Å². The fraction of sp³-hybridized carbons (Fsp3) is 0.619. The van der Waals surface area contributed by atoms with Gasteiger partial charge in [-0.05, 0) is 31.4 Å². The molecule has 6 heteroatoms. The smallest absolute Gasteiger partial charge is 0.236 e. The molecule has 27 heavy (non-hydrogen) atoms. The first kappa shape index (κ1) is 21.4. The monoisotopic (exact) mass is 375 g/mol. The van der Waals surface area contributed by atoms with E-state index in [0.717, 1.165) is 25.8 Å². The van der Waals surface area contributed by atoms with Crippen molar-refractivity contribution in [2.75, 3.05) is 53.5 Å². The molecular weight excluding hydrogens is 342 g/mol. The number of hydrogen-bond acceptors (Lipinski definition) is 4. The highest BCUT2D eigenvalue weighted by atomic mass is 16.5. The zero-order valence-corrected chi connectivity index (χ0v) is 16.9. The van der Waals surface area contributed by atoms with E-state index in [0.29, 0.717) is 19.8 Å². The summed E-state index contributed by atoms with van der Waals surface area (Å²) in [6.45, 7) is 5.32. The summed E-state index contributed by atoms with van der Waals surface area (Å²) in [7, 11) is 3.47. The molecule has 0 bridgehead atoms. The number of carbonyl (C=O) groups excluding carboxylic acids is 2. The van der Waals surface area contributed by atoms with E-state index in [1.165, 1.54) is 5.56 Å². The minimum atomic E-state index is -0.0792. The zero-order valence-electron chi connectivity index (χ0n) is 16.9. The first-order valence-electron chi connectivity index (χ1n) is 9.79. The number of likely N-dealkylation sites (N-methyl/N-ethyl adjacent to an activating group) is 1. The second-order valence-corrected chi connectivity index (χ2v) is 7.53. The summed E-state index contributed by atoms with van der Waals surface area (Å²) >= 11 is 0. The van der Waals surface area contributed by atoms with Crippen LogP contribution in [-0.2, 0) is 19.7 Å². The Morgan fingerprint density at radius 1 is 1.11 bits per heavy atom. The molecule has 1 aliphatic rings. The van der Waals surface area contributed by atoms with Gasteiger partial charge < -0.3 is 15.0 Å². The summed E-state index contributed by atoms with van der Waals surface area (Å²) in [6.07, 6.45) is 2.70. The molecule has 0 spiro atoms. The van der Waals surface area contributed by atoms with E-state index in [4.69, 9.17) is 4.74 Å². The Kier molecular flexibility index (Phi) is 8.25. The summed E-state index contributed by atoms with van der Waals surface area (Å²) in [6, 6.07) is 10.4. The number of carbonyl (C=O) groups is 2. The number of hydrogen-bond donors (Lipinski definition) is 1. The highest BCUT2D eigenvalue weighted by Crippen LogP contribution is 2.34. The van der Waals surface area contributed by atoms with Crippen molar-refractivity contribution >= 4 is 11.8 Å². The standard InChI is InChI=1S/C21H33N3O3/c1-4-12-24(16-20(26)23(2)3)15-19(25)22-17-21(10-13-27-14-11-21)18-8-6-5-7-9-18/h5-9H,4,10-17H2,1-3H3,(H,22,25). The van der Waals surface area contributed by atoms with Crippen LogP contribution in [0.25, 0.3) is 0 Å². The lowest BCUT2D eigenvalue weighted by Gasteiger charge is -2.38. The van der Waals surface area contributed by atoms with Gasteiger partial charge in [0.25, 0.3) is 0 Å². The van der Waals surface area contributed by atoms with Gasteiger partial charge in [0.2, 0.25) is 11.8 Å². The van der Waals surface area contributed by atoms with Crippen LogP contribution in [0, 0.1) is 0 Å². The molecule has 6 nitrogen and oxygen atoms in total. The molecule has 0 atom stereocenters. The number of ether oxygens (including phenoxy) is 1. The zero-order chi connectivity index (χ0) is 19.7. The predicted octanol–water partition coefficient (Wildman–Crippen LogP) is 1.65. The number of nitrogens with zero attached hydrogens (tertiary/aromatic N) is 2. The Morgan fingerprint density at radius 2 is 1.78 bits per heavy atom. The maximum Gasteiger partial charge on any atom is 0.236 e. The van der Waals surface area contributed by atoms with E-state index in [9.17, 15) is 9.59 Å². The molecule has 2 amide bonds. The first-order chi connectivity index (χ1) is 13.0. The summed E-state index contributed by atoms with van der Waals surface area (Å²) < 4.78 is 5.55. The molecule has 0 aromatic heterocycles. The number of benzene rings is 1. The second kappa shape index (κ2) is 10.4. The molecule has 1 saturated heterocycles. The van der Waals surface area contributed by atoms with Gasteiger partial charge in [-0.2, -0.15) is 0 Å². The van der Waals surface area contributed by atoms with E-state index in [2.05, 4.69) is 24.4 Å². The van der Waals surface area contributed by atoms with Crippen LogP contribution in [0.15, 0.2) is 30.3 Å². The Balaban J connectivity index is 1.97. The summed E-state index contributed by atoms with van der Waals surface area (Å²) in [5.41, 5.74) is 1.17. The molecule has 150 valence electrons. The third kappa shape index (κ3) is 6.33. The van der Waals surface area contributed by atoms with Crippen LogP contribution in [0.5, 0.6) is 0 Å². The van der Waals surface area contributed by atoms with Gasteiger partial charge >= 0.3 is 0 Å². The topological polar surface area (TPSA) is 61.9 Å². The highest BCUT2D eigenvalue weighted by molar-refractivity contribution is 5.81. The van der Waals surface area contributed by atoms with Gasteiger partial charge in [0, 0.05) is 39.3 Å². The number of nitrogens with one attached hydrogen (secondary N) is 1. The van der Waals surface area contributed by atoms with E-state index < -0.39 is 0 Å². The molecule has 2 rings (SSSR count). The lowest BCUT2D eigenvalue weighted by Crippen LogP contribution is -2.48. The van der Waals surface area contributed by atoms with Crippen molar-refractivity contribution in [2.24, 2.45) is 0 Å². The SMILES string of the molecule is CCCN(CC(=O)NCC1(c2ccccc2)CCOCC1)CC(=O)N(C)C. The fourth-order valence-electron chi connectivity index (χ4n) is 3.51. The minimum Gasteiger partial charge on any atom is -0.381 e. The lowest BCUT2D eigenvalue weighted by molar-refractivity contribution is -0.131. The Hall–Kier alpha value is -1.92. The van der Waals surface area contributed by atoms with Crippen LogP contribution >= 0.6 is 0 Å². The van der Waals surface area contributed by atoms with Crippen molar-refractivity contribution in [2.45, 2.75) is 31.6 Å². The largest absolute Gasteiger partial charge is 0.381 e. The van der Waals surface area contributed by atoms with Gasteiger partial charge in [0.15, 0.2) is 0 Å². The Bertz CT molecular complexity index is 598. The third-order valence-electron chi connectivity index (χ3n) is 5.22. The van der Waals surface area contributed by atoms with Crippen molar-refractivity contribution in [3.63, 3.8) is 0 Å². The summed E-state index contributed by atoms with van der Waals surface area (Å²) in [4.78, 5) is 28.1. The van der Waals surface area contributed by atoms with Crippen LogP contribution in [0.3, 0.4) is 0 Å². The lowest BCUT2D eigenvalue weighted by atomic mass is 9.74. The molecular formula is C21H33N3O3. The quantitative estimate of drug-likeness (QED) is 0.713. The second-order valence-electron chi connectivity index (χ2n) is 7.53. The molecule has 1 heterocycles. The summed E-state index contributed by atoms with van der Waals surface area (Å²) in [5, 5.41) is 3.12. The molecule has 1 aliphatic heterocycles. The Labute approximate surface area is 162 Å². The highest BCUT2D eigenvalue weighted by Gasteiger charge is 2.34. The van der Waals surface area contributed by atoms with Crippen molar-refractivity contribution in [3.8, 4) is 0 Å². The molecule has 0 saturated carbocycles. The van der Waals surface area contributed by atoms with Gasteiger partial charge in [-0.25, -0.2) is 0 Å². The molecule has 0 aliphatic carbocycles. The normalized spacial score (nSPS) is 16.1. The van der Waals surface area contributed by atoms with Crippen LogP contribution < -0.4 is 5.32 Å². The Morgan fingerprint density at radius 3 is 2.37 bits per heavy atom. The predicted molar refractivity (Wildman–Crippen MR) is 107 cm³/mol. The van der Waals surface area contributed by atoms with Crippen LogP contribution in [0.2, 0.25) is 0 Å². The van der Waals surface area contributed by atoms with E-state index in [-0.39, 0.29) is 30.3 Å². The van der Waals surface area contributed by atoms with E-state index >= 15 is 0 Å². The maximum atomic E-state index is 12.6. The molecule has 1 aromatic rings. The van der Waals surface area contributed by atoms with Crippen LogP contribution in [-0.4, -0.2) is 75.1 Å². The minimum absolute atomic E-state index is 0.0152. The van der Waals surface area contributed by atoms with E-state index in [1.807, 2.05) is 23.1 Å². The summed E-state index contributed by atoms with van der Waals surface area (Å²) in [5.74, 6) is -0.0155. The van der Waals surface area contributed by atoms with Gasteiger partial charge in [0.1, 0.15) is 0 Å². The number of rotatable bonds is 9. The van der Waals surface area contributed by atoms with Crippen molar-refractivity contribution in [3.05, 3.63) is 35.9 Å². The number of amides is 2. The van der Waals surface area contributed by atoms with Crippen molar-refractivity contribution in [1.82, 2.24) is 15.1 Å². The van der Waals surface area contributed by atoms with Gasteiger partial charge in [0.05, 0.1) is 13.1 Å². The average molecular weight is 376 g/mol.